The molecule has 0 unspecified atom stereocenters. The van der Waals surface area contributed by atoms with E-state index < -0.39 is 5.97 Å². The van der Waals surface area contributed by atoms with Crippen LogP contribution in [0, 0.1) is 0 Å². The van der Waals surface area contributed by atoms with E-state index in [0.29, 0.717) is 0 Å². The molecule has 17 heavy (non-hydrogen) atoms. The summed E-state index contributed by atoms with van der Waals surface area (Å²) < 4.78 is 0. The summed E-state index contributed by atoms with van der Waals surface area (Å²) in [5, 5.41) is 19.8. The summed E-state index contributed by atoms with van der Waals surface area (Å²) in [5.41, 5.74) is 0. The molecule has 0 atom stereocenters. The van der Waals surface area contributed by atoms with Gasteiger partial charge in [-0.1, -0.05) is 18.0 Å². The Balaban J connectivity index is 2.11. The van der Waals surface area contributed by atoms with Gasteiger partial charge in [-0.05, 0) is 31.4 Å². The van der Waals surface area contributed by atoms with Crippen molar-refractivity contribution in [1.29, 1.82) is 0 Å². The summed E-state index contributed by atoms with van der Waals surface area (Å²) in [6.45, 7) is 0. The fourth-order valence-corrected chi connectivity index (χ4v) is 2.51. The maximum absolute atomic E-state index is 10.3. The minimum absolute atomic E-state index is 0.274. The van der Waals surface area contributed by atoms with E-state index in [4.69, 9.17) is 10.3 Å². The molecule has 0 saturated carbocycles. The lowest BCUT2D eigenvalue weighted by atomic mass is 10.1. The molecular formula is C12H17NO3S. The molecule has 5 heteroatoms. The van der Waals surface area contributed by atoms with Gasteiger partial charge >= 0.3 is 5.97 Å². The van der Waals surface area contributed by atoms with Crippen molar-refractivity contribution in [1.82, 2.24) is 0 Å². The molecule has 0 amide bonds. The van der Waals surface area contributed by atoms with Crippen molar-refractivity contribution in [2.24, 2.45) is 5.16 Å². The van der Waals surface area contributed by atoms with Gasteiger partial charge in [0.25, 0.3) is 0 Å². The van der Waals surface area contributed by atoms with Crippen LogP contribution in [0.3, 0.4) is 0 Å². The lowest BCUT2D eigenvalue weighted by Gasteiger charge is -1.98. The van der Waals surface area contributed by atoms with E-state index in [0.717, 1.165) is 37.0 Å². The summed E-state index contributed by atoms with van der Waals surface area (Å²) in [6.07, 6.45) is 6.60. The van der Waals surface area contributed by atoms with E-state index in [9.17, 15) is 4.79 Å². The molecule has 4 nitrogen and oxygen atoms in total. The highest BCUT2D eigenvalue weighted by Gasteiger charge is 2.00. The molecule has 1 aromatic heterocycles. The first kappa shape index (κ1) is 13.7. The Hall–Kier alpha value is -1.36. The number of carbonyl (C=O) groups is 1. The second-order valence-electron chi connectivity index (χ2n) is 3.86. The Morgan fingerprint density at radius 2 is 2.06 bits per heavy atom. The predicted molar refractivity (Wildman–Crippen MR) is 68.1 cm³/mol. The van der Waals surface area contributed by atoms with Gasteiger partial charge in [0.05, 0.1) is 6.21 Å². The van der Waals surface area contributed by atoms with Gasteiger partial charge in [0.2, 0.25) is 0 Å². The smallest absolute Gasteiger partial charge is 0.303 e. The molecule has 1 rings (SSSR count). The van der Waals surface area contributed by atoms with Gasteiger partial charge < -0.3 is 10.3 Å². The van der Waals surface area contributed by atoms with E-state index in [1.807, 2.05) is 12.1 Å². The average Bonchev–Trinajstić information content (AvgIpc) is 2.71. The minimum atomic E-state index is -0.712. The summed E-state index contributed by atoms with van der Waals surface area (Å²) >= 11 is 1.62. The molecule has 0 aliphatic rings. The quantitative estimate of drug-likeness (QED) is 0.324. The standard InChI is InChI=1S/C12H17NO3S/c14-12(15)6-4-2-1-3-5-10-7-8-11(17-10)9-13-16/h7-9,16H,1-6H2,(H,14,15). The van der Waals surface area contributed by atoms with Gasteiger partial charge in [0, 0.05) is 16.2 Å². The number of aryl methyl sites for hydroxylation is 1. The Kier molecular flexibility index (Phi) is 6.32. The highest BCUT2D eigenvalue weighted by atomic mass is 32.1. The number of thiophene rings is 1. The second kappa shape index (κ2) is 7.84. The number of unbranched alkanes of at least 4 members (excludes halogenated alkanes) is 3. The maximum atomic E-state index is 10.3. The number of hydrogen-bond acceptors (Lipinski definition) is 4. The number of hydrogen-bond donors (Lipinski definition) is 2. The van der Waals surface area contributed by atoms with E-state index in [2.05, 4.69) is 5.16 Å². The molecule has 0 fully saturated rings. The van der Waals surface area contributed by atoms with Gasteiger partial charge in [-0.15, -0.1) is 11.3 Å². The first-order valence-electron chi connectivity index (χ1n) is 5.70. The zero-order valence-corrected chi connectivity index (χ0v) is 10.4. The third-order valence-electron chi connectivity index (χ3n) is 2.43. The van der Waals surface area contributed by atoms with Crippen molar-refractivity contribution in [3.8, 4) is 0 Å². The SMILES string of the molecule is O=C(O)CCCCCCc1ccc(C=NO)s1. The van der Waals surface area contributed by atoms with Crippen molar-refractivity contribution in [3.05, 3.63) is 21.9 Å². The second-order valence-corrected chi connectivity index (χ2v) is 5.06. The largest absolute Gasteiger partial charge is 0.481 e. The topological polar surface area (TPSA) is 69.9 Å². The van der Waals surface area contributed by atoms with Crippen LogP contribution < -0.4 is 0 Å². The van der Waals surface area contributed by atoms with E-state index in [-0.39, 0.29) is 6.42 Å². The molecule has 1 heterocycles. The van der Waals surface area contributed by atoms with E-state index in [1.54, 1.807) is 11.3 Å². The van der Waals surface area contributed by atoms with Crippen LogP contribution in [0.4, 0.5) is 0 Å². The molecule has 2 N–H and O–H groups in total. The van der Waals surface area contributed by atoms with Crippen molar-refractivity contribution in [3.63, 3.8) is 0 Å². The summed E-state index contributed by atoms with van der Waals surface area (Å²) in [5.74, 6) is -0.712. The Bertz CT molecular complexity index is 374. The van der Waals surface area contributed by atoms with Gasteiger partial charge in [0.1, 0.15) is 0 Å². The van der Waals surface area contributed by atoms with Crippen molar-refractivity contribution >= 4 is 23.5 Å². The summed E-state index contributed by atoms with van der Waals surface area (Å²) in [4.78, 5) is 12.5. The van der Waals surface area contributed by atoms with Crippen LogP contribution in [-0.2, 0) is 11.2 Å². The van der Waals surface area contributed by atoms with Crippen LogP contribution in [0.15, 0.2) is 17.3 Å². The molecule has 0 radical (unpaired) electrons. The van der Waals surface area contributed by atoms with Crippen molar-refractivity contribution in [2.75, 3.05) is 0 Å². The molecule has 0 bridgehead atoms. The highest BCUT2D eigenvalue weighted by Crippen LogP contribution is 2.17. The van der Waals surface area contributed by atoms with Crippen LogP contribution >= 0.6 is 11.3 Å². The maximum Gasteiger partial charge on any atom is 0.303 e. The first-order chi connectivity index (χ1) is 8.22. The van der Waals surface area contributed by atoms with Crippen LogP contribution in [0.2, 0.25) is 0 Å². The third kappa shape index (κ3) is 6.06. The van der Waals surface area contributed by atoms with Crippen LogP contribution in [0.25, 0.3) is 0 Å². The molecule has 0 aliphatic carbocycles. The zero-order valence-electron chi connectivity index (χ0n) is 9.63. The average molecular weight is 255 g/mol. The van der Waals surface area contributed by atoms with Crippen molar-refractivity contribution in [2.45, 2.75) is 38.5 Å². The molecule has 94 valence electrons. The molecule has 0 aromatic carbocycles. The summed E-state index contributed by atoms with van der Waals surface area (Å²) in [7, 11) is 0. The highest BCUT2D eigenvalue weighted by molar-refractivity contribution is 7.13. The van der Waals surface area contributed by atoms with Crippen LogP contribution in [0.5, 0.6) is 0 Å². The third-order valence-corrected chi connectivity index (χ3v) is 3.51. The van der Waals surface area contributed by atoms with E-state index >= 15 is 0 Å². The molecule has 1 aromatic rings. The Morgan fingerprint density at radius 3 is 2.76 bits per heavy atom. The molecule has 0 saturated heterocycles. The molecule has 0 spiro atoms. The van der Waals surface area contributed by atoms with Gasteiger partial charge in [-0.3, -0.25) is 4.79 Å². The Labute approximate surface area is 105 Å². The number of carboxylic acids is 1. The fraction of sp³-hybridized carbons (Fsp3) is 0.500. The predicted octanol–water partition coefficient (Wildman–Crippen LogP) is 3.13. The van der Waals surface area contributed by atoms with E-state index in [1.165, 1.54) is 11.1 Å². The first-order valence-corrected chi connectivity index (χ1v) is 6.52. The molecular weight excluding hydrogens is 238 g/mol. The van der Waals surface area contributed by atoms with Crippen LogP contribution in [0.1, 0.15) is 41.9 Å². The fourth-order valence-electron chi connectivity index (χ4n) is 1.58. The number of carboxylic acid groups (broad SMARTS) is 1. The van der Waals surface area contributed by atoms with Crippen LogP contribution in [-0.4, -0.2) is 22.5 Å². The lowest BCUT2D eigenvalue weighted by molar-refractivity contribution is -0.137. The molecule has 0 aliphatic heterocycles. The van der Waals surface area contributed by atoms with Gasteiger partial charge in [0.15, 0.2) is 0 Å². The lowest BCUT2D eigenvalue weighted by Crippen LogP contribution is -1.93. The minimum Gasteiger partial charge on any atom is -0.481 e. The Morgan fingerprint density at radius 1 is 1.29 bits per heavy atom. The number of nitrogens with zero attached hydrogens (tertiary/aromatic N) is 1. The zero-order chi connectivity index (χ0) is 12.5. The monoisotopic (exact) mass is 255 g/mol. The number of rotatable bonds is 8. The number of oxime groups is 1. The van der Waals surface area contributed by atoms with Gasteiger partial charge in [-0.2, -0.15) is 0 Å². The normalized spacial score (nSPS) is 11.1. The van der Waals surface area contributed by atoms with Gasteiger partial charge in [-0.25, -0.2) is 0 Å². The summed E-state index contributed by atoms with van der Waals surface area (Å²) in [6, 6.07) is 3.98. The number of aliphatic carboxylic acids is 1. The van der Waals surface area contributed by atoms with Crippen molar-refractivity contribution < 1.29 is 15.1 Å².